The summed E-state index contributed by atoms with van der Waals surface area (Å²) in [6.45, 7) is 4.07. The molecule has 0 spiro atoms. The van der Waals surface area contributed by atoms with Crippen molar-refractivity contribution in [1.29, 1.82) is 0 Å². The van der Waals surface area contributed by atoms with Gasteiger partial charge >= 0.3 is 0 Å². The highest BCUT2D eigenvalue weighted by atomic mass is 16.3. The lowest BCUT2D eigenvalue weighted by Gasteiger charge is -2.27. The van der Waals surface area contributed by atoms with E-state index in [2.05, 4.69) is 55.6 Å². The largest absolute Gasteiger partial charge is 0.394 e. The van der Waals surface area contributed by atoms with Crippen molar-refractivity contribution >= 4 is 5.91 Å². The number of nitrogens with one attached hydrogen (secondary N) is 1. The van der Waals surface area contributed by atoms with Crippen LogP contribution in [0.4, 0.5) is 0 Å². The Hall–Kier alpha value is -1.47. The predicted molar refractivity (Wildman–Crippen MR) is 293 cm³/mol. The second-order valence-corrected chi connectivity index (χ2v) is 20.7. The van der Waals surface area contributed by atoms with Crippen molar-refractivity contribution in [2.45, 2.75) is 340 Å². The molecule has 0 aliphatic heterocycles. The van der Waals surface area contributed by atoms with Gasteiger partial charge < -0.3 is 25.7 Å². The van der Waals surface area contributed by atoms with E-state index in [1.807, 2.05) is 0 Å². The normalized spacial score (nSPS) is 13.9. The van der Waals surface area contributed by atoms with Gasteiger partial charge in [-0.15, -0.1) is 0 Å². The maximum Gasteiger partial charge on any atom is 0.249 e. The van der Waals surface area contributed by atoms with Crippen molar-refractivity contribution in [1.82, 2.24) is 5.32 Å². The fourth-order valence-corrected chi connectivity index (χ4v) is 9.36. The summed E-state index contributed by atoms with van der Waals surface area (Å²) < 4.78 is 0. The van der Waals surface area contributed by atoms with Gasteiger partial charge in [-0.1, -0.05) is 275 Å². The molecule has 0 saturated carbocycles. The van der Waals surface area contributed by atoms with E-state index in [-0.39, 0.29) is 0 Å². The maximum atomic E-state index is 12.6. The lowest BCUT2D eigenvalue weighted by molar-refractivity contribution is -0.132. The molecule has 0 aliphatic carbocycles. The standard InChI is InChI=1S/C61H117NO5/c1-3-5-7-9-11-13-15-17-19-21-23-25-27-28-29-30-31-32-33-35-36-38-40-42-44-46-48-50-52-54-58(64)60(66)57(56-63)62-61(67)59(65)55-53-51-49-47-45-43-41-39-37-34-26-24-22-20-18-16-14-12-10-8-6-4-2/h37-40,46,48,57-60,63-66H,3-36,41-45,47,49-56H2,1-2H3,(H,62,67)/b39-37-,40-38+,48-46+. The number of hydrogen-bond acceptors (Lipinski definition) is 5. The number of rotatable bonds is 55. The molecule has 4 unspecified atom stereocenters. The summed E-state index contributed by atoms with van der Waals surface area (Å²) in [7, 11) is 0. The van der Waals surface area contributed by atoms with Crippen LogP contribution < -0.4 is 5.32 Å². The van der Waals surface area contributed by atoms with Gasteiger partial charge in [-0.25, -0.2) is 0 Å². The average Bonchev–Trinajstić information content (AvgIpc) is 3.33. The fourth-order valence-electron chi connectivity index (χ4n) is 9.36. The van der Waals surface area contributed by atoms with Gasteiger partial charge in [0.05, 0.1) is 18.8 Å². The third-order valence-electron chi connectivity index (χ3n) is 14.1. The molecule has 4 atom stereocenters. The van der Waals surface area contributed by atoms with E-state index in [0.29, 0.717) is 19.3 Å². The number of amides is 1. The van der Waals surface area contributed by atoms with Gasteiger partial charge in [-0.2, -0.15) is 0 Å². The van der Waals surface area contributed by atoms with Gasteiger partial charge in [-0.05, 0) is 77.0 Å². The highest BCUT2D eigenvalue weighted by Gasteiger charge is 2.28. The van der Waals surface area contributed by atoms with Crippen LogP contribution in [0.25, 0.3) is 0 Å². The zero-order chi connectivity index (χ0) is 48.8. The molecule has 67 heavy (non-hydrogen) atoms. The number of aliphatic hydroxyl groups is 4. The van der Waals surface area contributed by atoms with Crippen molar-refractivity contribution in [3.63, 3.8) is 0 Å². The zero-order valence-corrected chi connectivity index (χ0v) is 44.9. The summed E-state index contributed by atoms with van der Waals surface area (Å²) in [6, 6.07) is -1.01. The number of unbranched alkanes of at least 4 members (excludes halogenated alkanes) is 40. The lowest BCUT2D eigenvalue weighted by atomic mass is 10.00. The maximum absolute atomic E-state index is 12.6. The molecule has 396 valence electrons. The van der Waals surface area contributed by atoms with Crippen molar-refractivity contribution < 1.29 is 25.2 Å². The van der Waals surface area contributed by atoms with Gasteiger partial charge in [0.1, 0.15) is 12.2 Å². The molecule has 6 nitrogen and oxygen atoms in total. The first-order valence-electron chi connectivity index (χ1n) is 29.9. The van der Waals surface area contributed by atoms with Gasteiger partial charge in [0.2, 0.25) is 5.91 Å². The highest BCUT2D eigenvalue weighted by Crippen LogP contribution is 2.17. The third-order valence-corrected chi connectivity index (χ3v) is 14.1. The summed E-state index contributed by atoms with van der Waals surface area (Å²) in [4.78, 5) is 12.6. The predicted octanol–water partition coefficient (Wildman–Crippen LogP) is 17.6. The molecule has 0 aliphatic rings. The minimum Gasteiger partial charge on any atom is -0.394 e. The second-order valence-electron chi connectivity index (χ2n) is 20.7. The average molecular weight is 945 g/mol. The van der Waals surface area contributed by atoms with Crippen LogP contribution >= 0.6 is 0 Å². The Bertz CT molecular complexity index is 1060. The minimum absolute atomic E-state index is 0.353. The molecule has 1 amide bonds. The van der Waals surface area contributed by atoms with Gasteiger partial charge in [-0.3, -0.25) is 4.79 Å². The Morgan fingerprint density at radius 3 is 0.940 bits per heavy atom. The van der Waals surface area contributed by atoms with Crippen LogP contribution in [0.2, 0.25) is 0 Å². The molecule has 0 rings (SSSR count). The molecule has 6 heteroatoms. The SMILES string of the molecule is CCCCCCCCCCCCCC/C=C\CCCCCCCCC(O)C(=O)NC(CO)C(O)C(O)CCC/C=C/CC/C=C/CCCCCCCCCCCCCCCCCCCCCC. The fraction of sp³-hybridized carbons (Fsp3) is 0.885. The molecule has 0 saturated heterocycles. The number of carbonyl (C=O) groups is 1. The molecule has 0 aromatic rings. The first-order chi connectivity index (χ1) is 33.0. The van der Waals surface area contributed by atoms with Gasteiger partial charge in [0.15, 0.2) is 0 Å². The van der Waals surface area contributed by atoms with E-state index < -0.39 is 36.9 Å². The van der Waals surface area contributed by atoms with Crippen LogP contribution in [0.5, 0.6) is 0 Å². The minimum atomic E-state index is -1.29. The molecule has 0 radical (unpaired) electrons. The number of hydrogen-bond donors (Lipinski definition) is 5. The van der Waals surface area contributed by atoms with Crippen LogP contribution in [-0.4, -0.2) is 57.3 Å². The first kappa shape index (κ1) is 65.5. The number of carbonyl (C=O) groups excluding carboxylic acids is 1. The third kappa shape index (κ3) is 49.3. The Kier molecular flexibility index (Phi) is 54.2. The van der Waals surface area contributed by atoms with E-state index in [0.717, 1.165) is 44.9 Å². The molecular weight excluding hydrogens is 827 g/mol. The van der Waals surface area contributed by atoms with E-state index in [1.165, 1.54) is 238 Å². The van der Waals surface area contributed by atoms with Crippen molar-refractivity contribution in [2.75, 3.05) is 6.61 Å². The molecule has 0 aromatic carbocycles. The van der Waals surface area contributed by atoms with E-state index in [1.54, 1.807) is 0 Å². The van der Waals surface area contributed by atoms with Crippen LogP contribution in [0.15, 0.2) is 36.5 Å². The van der Waals surface area contributed by atoms with Gasteiger partial charge in [0.25, 0.3) is 0 Å². The van der Waals surface area contributed by atoms with Crippen LogP contribution in [0, 0.1) is 0 Å². The van der Waals surface area contributed by atoms with Crippen molar-refractivity contribution in [2.24, 2.45) is 0 Å². The molecule has 0 aromatic heterocycles. The Labute approximate surface area is 417 Å². The van der Waals surface area contributed by atoms with Crippen molar-refractivity contribution in [3.05, 3.63) is 36.5 Å². The van der Waals surface area contributed by atoms with Crippen molar-refractivity contribution in [3.8, 4) is 0 Å². The molecular formula is C61H117NO5. The molecule has 0 heterocycles. The Balaban J connectivity index is 3.67. The second kappa shape index (κ2) is 55.5. The van der Waals surface area contributed by atoms with Gasteiger partial charge in [0, 0.05) is 0 Å². The van der Waals surface area contributed by atoms with E-state index in [4.69, 9.17) is 0 Å². The summed E-state index contributed by atoms with van der Waals surface area (Å²) in [5, 5.41) is 44.0. The lowest BCUT2D eigenvalue weighted by Crippen LogP contribution is -2.53. The summed E-state index contributed by atoms with van der Waals surface area (Å²) in [5.41, 5.74) is 0. The molecule has 0 bridgehead atoms. The smallest absolute Gasteiger partial charge is 0.249 e. The van der Waals surface area contributed by atoms with Crippen LogP contribution in [-0.2, 0) is 4.79 Å². The number of aliphatic hydroxyl groups excluding tert-OH is 4. The zero-order valence-electron chi connectivity index (χ0n) is 44.9. The summed E-state index contributed by atoms with van der Waals surface area (Å²) >= 11 is 0. The summed E-state index contributed by atoms with van der Waals surface area (Å²) in [5.74, 6) is -0.599. The Morgan fingerprint density at radius 1 is 0.358 bits per heavy atom. The highest BCUT2D eigenvalue weighted by molar-refractivity contribution is 5.80. The summed E-state index contributed by atoms with van der Waals surface area (Å²) in [6.07, 6.45) is 69.4. The topological polar surface area (TPSA) is 110 Å². The molecule has 0 fully saturated rings. The van der Waals surface area contributed by atoms with E-state index in [9.17, 15) is 25.2 Å². The van der Waals surface area contributed by atoms with Crippen LogP contribution in [0.3, 0.4) is 0 Å². The molecule has 5 N–H and O–H groups in total. The number of allylic oxidation sites excluding steroid dienone is 6. The monoisotopic (exact) mass is 944 g/mol. The quantitative estimate of drug-likeness (QED) is 0.0308. The first-order valence-corrected chi connectivity index (χ1v) is 29.9. The van der Waals surface area contributed by atoms with Crippen LogP contribution in [0.1, 0.15) is 316 Å². The Morgan fingerprint density at radius 2 is 0.627 bits per heavy atom. The van der Waals surface area contributed by atoms with E-state index >= 15 is 0 Å².